The standard InChI is InChI=1S/C18H21N3O3.ClH/c1-23-16-8-4-5-9-17(16)24-13-11-21-15-7-3-2-6-14(15)20(10-12-22)18(21)19;/h2-9,19,22H,10-13H2,1H3;1H. The number of methoxy groups -OCH3 is 1. The van der Waals surface area contributed by atoms with E-state index in [2.05, 4.69) is 0 Å². The van der Waals surface area contributed by atoms with Gasteiger partial charge in [0.15, 0.2) is 11.5 Å². The molecule has 7 heteroatoms. The Bertz CT molecular complexity index is 836. The average Bonchev–Trinajstić information content (AvgIpc) is 2.88. The highest BCUT2D eigenvalue weighted by Crippen LogP contribution is 2.26. The largest absolute Gasteiger partial charge is 1.00 e. The van der Waals surface area contributed by atoms with Crippen LogP contribution in [0.2, 0.25) is 0 Å². The van der Waals surface area contributed by atoms with Crippen molar-refractivity contribution in [1.29, 1.82) is 0 Å². The molecule has 0 atom stereocenters. The van der Waals surface area contributed by atoms with Crippen LogP contribution >= 0.6 is 0 Å². The van der Waals surface area contributed by atoms with Crippen LogP contribution in [0, 0.1) is 0 Å². The van der Waals surface area contributed by atoms with Gasteiger partial charge in [-0.05, 0) is 24.3 Å². The van der Waals surface area contributed by atoms with Crippen LogP contribution in [-0.2, 0) is 13.1 Å². The third-order valence-corrected chi connectivity index (χ3v) is 3.98. The Labute approximate surface area is 152 Å². The van der Waals surface area contributed by atoms with E-state index in [4.69, 9.17) is 15.2 Å². The van der Waals surface area contributed by atoms with Crippen LogP contribution in [-0.4, -0.2) is 30.0 Å². The summed E-state index contributed by atoms with van der Waals surface area (Å²) >= 11 is 0. The van der Waals surface area contributed by atoms with Gasteiger partial charge in [0.1, 0.15) is 24.2 Å². The van der Waals surface area contributed by atoms with Crippen LogP contribution < -0.4 is 32.2 Å². The zero-order valence-corrected chi connectivity index (χ0v) is 14.8. The molecule has 0 unspecified atom stereocenters. The molecule has 0 bridgehead atoms. The van der Waals surface area contributed by atoms with Crippen molar-refractivity contribution >= 4 is 17.0 Å². The first kappa shape index (κ1) is 18.9. The van der Waals surface area contributed by atoms with Crippen molar-refractivity contribution in [3.8, 4) is 11.5 Å². The lowest BCUT2D eigenvalue weighted by Crippen LogP contribution is -3.00. The maximum absolute atomic E-state index is 9.27. The zero-order valence-electron chi connectivity index (χ0n) is 14.1. The molecule has 0 saturated carbocycles. The summed E-state index contributed by atoms with van der Waals surface area (Å²) < 4.78 is 15.1. The summed E-state index contributed by atoms with van der Waals surface area (Å²) in [6.07, 6.45) is 0. The van der Waals surface area contributed by atoms with Gasteiger partial charge in [0, 0.05) is 0 Å². The molecule has 3 rings (SSSR count). The molecule has 0 saturated heterocycles. The van der Waals surface area contributed by atoms with Gasteiger partial charge in [0.05, 0.1) is 20.3 Å². The summed E-state index contributed by atoms with van der Waals surface area (Å²) in [5.41, 5.74) is 8.29. The second-order valence-electron chi connectivity index (χ2n) is 5.37. The number of imidazole rings is 1. The fraction of sp³-hybridized carbons (Fsp3) is 0.278. The fourth-order valence-electron chi connectivity index (χ4n) is 2.87. The third kappa shape index (κ3) is 3.81. The van der Waals surface area contributed by atoms with E-state index in [0.29, 0.717) is 37.1 Å². The van der Waals surface area contributed by atoms with Gasteiger partial charge in [-0.2, -0.15) is 0 Å². The molecule has 0 spiro atoms. The average molecular weight is 364 g/mol. The number of rotatable bonds is 7. The van der Waals surface area contributed by atoms with Crippen LogP contribution in [0.1, 0.15) is 0 Å². The number of anilines is 1. The number of aromatic nitrogens is 2. The molecule has 3 N–H and O–H groups in total. The van der Waals surface area contributed by atoms with Gasteiger partial charge in [-0.25, -0.2) is 9.13 Å². The summed E-state index contributed by atoms with van der Waals surface area (Å²) in [5, 5.41) is 9.27. The van der Waals surface area contributed by atoms with Gasteiger partial charge in [-0.3, -0.25) is 5.73 Å². The van der Waals surface area contributed by atoms with Gasteiger partial charge >= 0.3 is 5.95 Å². The molecule has 2 aromatic carbocycles. The topological polar surface area (TPSA) is 73.5 Å². The number of ether oxygens (including phenoxy) is 2. The Balaban J connectivity index is 0.00000225. The van der Waals surface area contributed by atoms with Crippen molar-refractivity contribution in [2.45, 2.75) is 13.1 Å². The monoisotopic (exact) mass is 363 g/mol. The predicted octanol–water partition coefficient (Wildman–Crippen LogP) is -1.41. The molecular weight excluding hydrogens is 342 g/mol. The first-order valence-electron chi connectivity index (χ1n) is 7.89. The Morgan fingerprint density at radius 2 is 1.76 bits per heavy atom. The number of nitrogens with two attached hydrogens (primary N) is 1. The highest BCUT2D eigenvalue weighted by molar-refractivity contribution is 5.73. The highest BCUT2D eigenvalue weighted by Gasteiger charge is 2.20. The van der Waals surface area contributed by atoms with E-state index in [1.54, 1.807) is 7.11 Å². The number of nitrogen functional groups attached to an aromatic ring is 1. The lowest BCUT2D eigenvalue weighted by atomic mass is 10.3. The summed E-state index contributed by atoms with van der Waals surface area (Å²) in [7, 11) is 1.62. The van der Waals surface area contributed by atoms with Gasteiger partial charge < -0.3 is 27.0 Å². The maximum atomic E-state index is 9.27. The second-order valence-corrected chi connectivity index (χ2v) is 5.37. The number of halogens is 1. The number of para-hydroxylation sites is 4. The number of hydrogen-bond acceptors (Lipinski definition) is 4. The lowest BCUT2D eigenvalue weighted by Gasteiger charge is -2.10. The number of benzene rings is 2. The van der Waals surface area contributed by atoms with Gasteiger partial charge in [-0.15, -0.1) is 0 Å². The Morgan fingerprint density at radius 1 is 1.08 bits per heavy atom. The van der Waals surface area contributed by atoms with Crippen LogP contribution in [0.5, 0.6) is 11.5 Å². The van der Waals surface area contributed by atoms with Crippen LogP contribution in [0.25, 0.3) is 11.0 Å². The highest BCUT2D eigenvalue weighted by atomic mass is 35.5. The molecule has 0 fully saturated rings. The van der Waals surface area contributed by atoms with E-state index in [1.807, 2.05) is 57.7 Å². The third-order valence-electron chi connectivity index (χ3n) is 3.98. The molecule has 1 aromatic heterocycles. The normalized spacial score (nSPS) is 10.5. The summed E-state index contributed by atoms with van der Waals surface area (Å²) in [6.45, 7) is 1.57. The van der Waals surface area contributed by atoms with Gasteiger partial charge in [-0.1, -0.05) is 24.3 Å². The zero-order chi connectivity index (χ0) is 16.9. The van der Waals surface area contributed by atoms with Gasteiger partial charge in [0.2, 0.25) is 0 Å². The fourth-order valence-corrected chi connectivity index (χ4v) is 2.87. The molecule has 25 heavy (non-hydrogen) atoms. The SMILES string of the molecule is COc1ccccc1OCCn1c(N)[n+](CCO)c2ccccc21.[Cl-]. The number of fused-ring (bicyclic) bond motifs is 1. The van der Waals surface area contributed by atoms with Crippen molar-refractivity contribution in [3.63, 3.8) is 0 Å². The summed E-state index contributed by atoms with van der Waals surface area (Å²) in [5.74, 6) is 2.02. The predicted molar refractivity (Wildman–Crippen MR) is 92.1 cm³/mol. The van der Waals surface area contributed by atoms with E-state index in [9.17, 15) is 5.11 Å². The van der Waals surface area contributed by atoms with E-state index in [1.165, 1.54) is 0 Å². The van der Waals surface area contributed by atoms with Crippen molar-refractivity contribution < 1.29 is 31.6 Å². The van der Waals surface area contributed by atoms with Crippen LogP contribution in [0.15, 0.2) is 48.5 Å². The number of aliphatic hydroxyl groups is 1. The number of hydrogen-bond donors (Lipinski definition) is 2. The quantitative estimate of drug-likeness (QED) is 0.506. The molecule has 6 nitrogen and oxygen atoms in total. The minimum Gasteiger partial charge on any atom is -1.00 e. The molecule has 0 aliphatic rings. The molecule has 1 heterocycles. The van der Waals surface area contributed by atoms with Crippen molar-refractivity contribution in [2.24, 2.45) is 0 Å². The summed E-state index contributed by atoms with van der Waals surface area (Å²) in [4.78, 5) is 0. The minimum atomic E-state index is 0. The summed E-state index contributed by atoms with van der Waals surface area (Å²) in [6, 6.07) is 15.5. The molecule has 3 aromatic rings. The lowest BCUT2D eigenvalue weighted by molar-refractivity contribution is -0.658. The maximum Gasteiger partial charge on any atom is 0.356 e. The van der Waals surface area contributed by atoms with E-state index in [-0.39, 0.29) is 19.0 Å². The van der Waals surface area contributed by atoms with E-state index < -0.39 is 0 Å². The molecule has 0 radical (unpaired) electrons. The molecule has 0 aliphatic heterocycles. The van der Waals surface area contributed by atoms with Crippen LogP contribution in [0.3, 0.4) is 0 Å². The Morgan fingerprint density at radius 3 is 2.48 bits per heavy atom. The van der Waals surface area contributed by atoms with Crippen molar-refractivity contribution in [2.75, 3.05) is 26.1 Å². The van der Waals surface area contributed by atoms with Crippen molar-refractivity contribution in [3.05, 3.63) is 48.5 Å². The molecule has 0 aliphatic carbocycles. The van der Waals surface area contributed by atoms with Crippen molar-refractivity contribution in [1.82, 2.24) is 4.57 Å². The second kappa shape index (κ2) is 8.60. The van der Waals surface area contributed by atoms with E-state index in [0.717, 1.165) is 11.0 Å². The minimum absolute atomic E-state index is 0. The number of aliphatic hydroxyl groups excluding tert-OH is 1. The van der Waals surface area contributed by atoms with E-state index >= 15 is 0 Å². The Hall–Kier alpha value is -2.44. The smallest absolute Gasteiger partial charge is 0.356 e. The van der Waals surface area contributed by atoms with Crippen LogP contribution in [0.4, 0.5) is 5.95 Å². The number of nitrogens with zero attached hydrogens (tertiary/aromatic N) is 2. The molecular formula is C18H22ClN3O3. The molecule has 134 valence electrons. The first-order valence-corrected chi connectivity index (χ1v) is 7.89. The van der Waals surface area contributed by atoms with Gasteiger partial charge in [0.25, 0.3) is 0 Å². The Kier molecular flexibility index (Phi) is 6.50. The first-order chi connectivity index (χ1) is 11.8. The molecule has 0 amide bonds.